The number of hydrogen-bond donors (Lipinski definition) is 1. The molecular formula is C23H28N2O5S. The van der Waals surface area contributed by atoms with Crippen LogP contribution in [0.25, 0.3) is 0 Å². The molecule has 8 heteroatoms. The average molecular weight is 445 g/mol. The number of benzene rings is 2. The maximum atomic E-state index is 12.9. The number of ether oxygens (including phenoxy) is 2. The highest BCUT2D eigenvalue weighted by molar-refractivity contribution is 7.92. The highest BCUT2D eigenvalue weighted by Crippen LogP contribution is 2.35. The van der Waals surface area contributed by atoms with Crippen LogP contribution in [0.1, 0.15) is 42.1 Å². The summed E-state index contributed by atoms with van der Waals surface area (Å²) in [6, 6.07) is 12.3. The Morgan fingerprint density at radius 1 is 1.23 bits per heavy atom. The number of nitrogens with zero attached hydrogens (tertiary/aromatic N) is 1. The Morgan fingerprint density at radius 2 is 2.03 bits per heavy atom. The van der Waals surface area contributed by atoms with Crippen LogP contribution in [-0.4, -0.2) is 45.9 Å². The molecule has 1 N–H and O–H groups in total. The van der Waals surface area contributed by atoms with Crippen LogP contribution in [-0.2, 0) is 21.2 Å². The fourth-order valence-corrected chi connectivity index (χ4v) is 5.52. The highest BCUT2D eigenvalue weighted by Gasteiger charge is 2.32. The van der Waals surface area contributed by atoms with Crippen molar-refractivity contribution < 1.29 is 22.7 Å². The van der Waals surface area contributed by atoms with E-state index in [0.29, 0.717) is 35.7 Å². The molecule has 7 nitrogen and oxygen atoms in total. The van der Waals surface area contributed by atoms with Gasteiger partial charge in [-0.1, -0.05) is 12.1 Å². The lowest BCUT2D eigenvalue weighted by atomic mass is 10.1. The van der Waals surface area contributed by atoms with E-state index >= 15 is 0 Å². The predicted octanol–water partition coefficient (Wildman–Crippen LogP) is 3.60. The van der Waals surface area contributed by atoms with Crippen LogP contribution in [0.2, 0.25) is 0 Å². The summed E-state index contributed by atoms with van der Waals surface area (Å²) in [5.74, 6) is 0.335. The lowest BCUT2D eigenvalue weighted by Crippen LogP contribution is -2.34. The van der Waals surface area contributed by atoms with Gasteiger partial charge in [0, 0.05) is 18.2 Å². The largest absolute Gasteiger partial charge is 0.489 e. The summed E-state index contributed by atoms with van der Waals surface area (Å²) in [5.41, 5.74) is 2.56. The summed E-state index contributed by atoms with van der Waals surface area (Å²) in [6.07, 6.45) is 5.06. The molecule has 1 amide bonds. The van der Waals surface area contributed by atoms with E-state index in [1.54, 1.807) is 24.3 Å². The number of fused-ring (bicyclic) bond motifs is 1. The van der Waals surface area contributed by atoms with Crippen molar-refractivity contribution in [1.82, 2.24) is 0 Å². The molecule has 2 atom stereocenters. The summed E-state index contributed by atoms with van der Waals surface area (Å²) < 4.78 is 37.3. The summed E-state index contributed by atoms with van der Waals surface area (Å²) in [7, 11) is -3.36. The Balaban J connectivity index is 1.48. The Kier molecular flexibility index (Phi) is 6.20. The van der Waals surface area contributed by atoms with Crippen LogP contribution in [0, 0.1) is 0 Å². The SMILES string of the molecule is CC1Cc2cc(C(=O)Nc3ccccc3OCC3CCCCO3)ccc2N1S(C)(=O)=O. The molecule has 31 heavy (non-hydrogen) atoms. The zero-order chi connectivity index (χ0) is 22.0. The summed E-state index contributed by atoms with van der Waals surface area (Å²) >= 11 is 0. The van der Waals surface area contributed by atoms with Gasteiger partial charge in [0.1, 0.15) is 12.4 Å². The van der Waals surface area contributed by atoms with Crippen LogP contribution in [0.15, 0.2) is 42.5 Å². The van der Waals surface area contributed by atoms with Gasteiger partial charge >= 0.3 is 0 Å². The van der Waals surface area contributed by atoms with Crippen molar-refractivity contribution in [3.05, 3.63) is 53.6 Å². The summed E-state index contributed by atoms with van der Waals surface area (Å²) in [4.78, 5) is 12.9. The first-order valence-corrected chi connectivity index (χ1v) is 12.4. The van der Waals surface area contributed by atoms with Gasteiger partial charge in [-0.15, -0.1) is 0 Å². The third kappa shape index (κ3) is 4.85. The number of carbonyl (C=O) groups excluding carboxylic acids is 1. The van der Waals surface area contributed by atoms with Gasteiger partial charge in [0.25, 0.3) is 5.91 Å². The van der Waals surface area contributed by atoms with Crippen molar-refractivity contribution in [1.29, 1.82) is 0 Å². The van der Waals surface area contributed by atoms with Gasteiger partial charge in [-0.3, -0.25) is 9.10 Å². The zero-order valence-electron chi connectivity index (χ0n) is 17.8. The molecule has 2 heterocycles. The maximum Gasteiger partial charge on any atom is 0.255 e. The van der Waals surface area contributed by atoms with Crippen LogP contribution in [0.3, 0.4) is 0 Å². The number of para-hydroxylation sites is 2. The van der Waals surface area contributed by atoms with E-state index in [9.17, 15) is 13.2 Å². The minimum atomic E-state index is -3.36. The van der Waals surface area contributed by atoms with Crippen molar-refractivity contribution in [3.8, 4) is 5.75 Å². The van der Waals surface area contributed by atoms with Crippen molar-refractivity contribution in [2.24, 2.45) is 0 Å². The molecule has 1 fully saturated rings. The summed E-state index contributed by atoms with van der Waals surface area (Å²) in [6.45, 7) is 3.08. The standard InChI is InChI=1S/C23H28N2O5S/c1-16-13-18-14-17(10-11-21(18)25(16)31(2,27)28)23(26)24-20-8-3-4-9-22(20)30-15-19-7-5-6-12-29-19/h3-4,8-11,14,16,19H,5-7,12-13,15H2,1-2H3,(H,24,26). The maximum absolute atomic E-state index is 12.9. The normalized spacial score (nSPS) is 20.9. The van der Waals surface area contributed by atoms with Gasteiger partial charge in [-0.25, -0.2) is 8.42 Å². The Bertz CT molecular complexity index is 1060. The molecule has 0 aromatic heterocycles. The van der Waals surface area contributed by atoms with E-state index in [-0.39, 0.29) is 18.1 Å². The number of anilines is 2. The first kappa shape index (κ1) is 21.6. The van der Waals surface area contributed by atoms with Crippen molar-refractivity contribution in [2.45, 2.75) is 44.8 Å². The van der Waals surface area contributed by atoms with Gasteiger partial charge in [0.15, 0.2) is 0 Å². The lowest BCUT2D eigenvalue weighted by Gasteiger charge is -2.23. The van der Waals surface area contributed by atoms with Crippen LogP contribution < -0.4 is 14.4 Å². The second-order valence-corrected chi connectivity index (χ2v) is 10.1. The second-order valence-electron chi connectivity index (χ2n) is 8.21. The predicted molar refractivity (Wildman–Crippen MR) is 120 cm³/mol. The molecule has 0 bridgehead atoms. The van der Waals surface area contributed by atoms with Gasteiger partial charge in [0.2, 0.25) is 10.0 Å². The molecule has 0 spiro atoms. The van der Waals surface area contributed by atoms with Crippen LogP contribution in [0.5, 0.6) is 5.75 Å². The molecule has 0 aliphatic carbocycles. The number of rotatable bonds is 6. The first-order valence-electron chi connectivity index (χ1n) is 10.6. The number of nitrogens with one attached hydrogen (secondary N) is 1. The monoisotopic (exact) mass is 444 g/mol. The Hall–Kier alpha value is -2.58. The van der Waals surface area contributed by atoms with Crippen LogP contribution >= 0.6 is 0 Å². The molecular weight excluding hydrogens is 416 g/mol. The van der Waals surface area contributed by atoms with Gasteiger partial charge in [-0.2, -0.15) is 0 Å². The van der Waals surface area contributed by atoms with Crippen molar-refractivity contribution in [2.75, 3.05) is 29.1 Å². The molecule has 1 saturated heterocycles. The third-order valence-corrected chi connectivity index (χ3v) is 6.96. The lowest BCUT2D eigenvalue weighted by molar-refractivity contribution is -0.0109. The second kappa shape index (κ2) is 8.88. The fraction of sp³-hybridized carbons (Fsp3) is 0.435. The van der Waals surface area contributed by atoms with Gasteiger partial charge in [-0.05, 0) is 68.5 Å². The van der Waals surface area contributed by atoms with Crippen molar-refractivity contribution in [3.63, 3.8) is 0 Å². The zero-order valence-corrected chi connectivity index (χ0v) is 18.7. The molecule has 2 aliphatic heterocycles. The summed E-state index contributed by atoms with van der Waals surface area (Å²) in [5, 5.41) is 2.92. The minimum Gasteiger partial charge on any atom is -0.489 e. The van der Waals surface area contributed by atoms with E-state index in [1.807, 2.05) is 25.1 Å². The van der Waals surface area contributed by atoms with E-state index in [0.717, 1.165) is 31.4 Å². The Labute approximate surface area is 183 Å². The van der Waals surface area contributed by atoms with Gasteiger partial charge in [0.05, 0.1) is 23.7 Å². The van der Waals surface area contributed by atoms with E-state index < -0.39 is 10.0 Å². The molecule has 2 aliphatic rings. The smallest absolute Gasteiger partial charge is 0.255 e. The van der Waals surface area contributed by atoms with Crippen molar-refractivity contribution >= 4 is 27.3 Å². The number of sulfonamides is 1. The van der Waals surface area contributed by atoms with E-state index in [2.05, 4.69) is 5.32 Å². The minimum absolute atomic E-state index is 0.0778. The number of amides is 1. The fourth-order valence-electron chi connectivity index (χ4n) is 4.26. The molecule has 4 rings (SSSR count). The number of carbonyl (C=O) groups is 1. The third-order valence-electron chi connectivity index (χ3n) is 5.69. The Morgan fingerprint density at radius 3 is 2.77 bits per heavy atom. The average Bonchev–Trinajstić information content (AvgIpc) is 3.09. The molecule has 0 radical (unpaired) electrons. The first-order chi connectivity index (χ1) is 14.8. The molecule has 2 aromatic rings. The molecule has 2 unspecified atom stereocenters. The number of hydrogen-bond acceptors (Lipinski definition) is 5. The van der Waals surface area contributed by atoms with E-state index in [4.69, 9.17) is 9.47 Å². The quantitative estimate of drug-likeness (QED) is 0.736. The molecule has 0 saturated carbocycles. The van der Waals surface area contributed by atoms with Gasteiger partial charge < -0.3 is 14.8 Å². The van der Waals surface area contributed by atoms with E-state index in [1.165, 1.54) is 10.6 Å². The molecule has 166 valence electrons. The highest BCUT2D eigenvalue weighted by atomic mass is 32.2. The topological polar surface area (TPSA) is 84.9 Å². The molecule has 2 aromatic carbocycles. The van der Waals surface area contributed by atoms with Crippen LogP contribution in [0.4, 0.5) is 11.4 Å².